The first-order chi connectivity index (χ1) is 15.1. The number of halogens is 2. The third-order valence-electron chi connectivity index (χ3n) is 4.95. The van der Waals surface area contributed by atoms with Gasteiger partial charge in [0.15, 0.2) is 17.5 Å². The van der Waals surface area contributed by atoms with Gasteiger partial charge in [0.1, 0.15) is 11.6 Å². The maximum Gasteiger partial charge on any atom is 0.191 e. The summed E-state index contributed by atoms with van der Waals surface area (Å²) in [5.41, 5.74) is 2.81. The topological polar surface area (TPSA) is 79.9 Å². The van der Waals surface area contributed by atoms with Crippen LogP contribution in [-0.2, 0) is 13.0 Å². The lowest BCUT2D eigenvalue weighted by Gasteiger charge is -2.14. The molecule has 0 atom stereocenters. The number of aliphatic imine (C=N–C) groups is 1. The van der Waals surface area contributed by atoms with E-state index in [0.29, 0.717) is 36.3 Å². The molecule has 0 amide bonds. The molecule has 1 heterocycles. The van der Waals surface area contributed by atoms with Crippen LogP contribution in [0.25, 0.3) is 10.9 Å². The van der Waals surface area contributed by atoms with E-state index in [0.717, 1.165) is 35.0 Å². The SMILES string of the molecule is CCNC(=NCc1cc(OC)c(OC)cc1OC)NCCc1c[nH]c2cc(F)ccc12.I. The number of benzene rings is 2. The van der Waals surface area contributed by atoms with Gasteiger partial charge in [-0.3, -0.25) is 0 Å². The molecule has 0 aliphatic heterocycles. The Hall–Kier alpha value is -2.69. The van der Waals surface area contributed by atoms with Crippen molar-refractivity contribution in [1.29, 1.82) is 0 Å². The van der Waals surface area contributed by atoms with E-state index in [1.54, 1.807) is 33.5 Å². The summed E-state index contributed by atoms with van der Waals surface area (Å²) in [6, 6.07) is 8.46. The highest BCUT2D eigenvalue weighted by molar-refractivity contribution is 14.0. The molecule has 7 nitrogen and oxygen atoms in total. The second kappa shape index (κ2) is 12.4. The minimum atomic E-state index is -0.244. The van der Waals surface area contributed by atoms with Crippen molar-refractivity contribution < 1.29 is 18.6 Å². The van der Waals surface area contributed by atoms with Crippen molar-refractivity contribution in [3.05, 3.63) is 53.5 Å². The first-order valence-corrected chi connectivity index (χ1v) is 10.2. The molecule has 0 aliphatic rings. The predicted octanol–water partition coefficient (Wildman–Crippen LogP) is 4.25. The van der Waals surface area contributed by atoms with Crippen LogP contribution in [0, 0.1) is 5.82 Å². The van der Waals surface area contributed by atoms with Crippen molar-refractivity contribution >= 4 is 40.8 Å². The number of nitrogens with zero attached hydrogens (tertiary/aromatic N) is 1. The monoisotopic (exact) mass is 556 g/mol. The maximum absolute atomic E-state index is 13.4. The van der Waals surface area contributed by atoms with Crippen LogP contribution in [0.4, 0.5) is 4.39 Å². The molecule has 2 aromatic carbocycles. The fourth-order valence-corrected chi connectivity index (χ4v) is 3.40. The molecule has 0 radical (unpaired) electrons. The number of aromatic nitrogens is 1. The minimum Gasteiger partial charge on any atom is -0.496 e. The summed E-state index contributed by atoms with van der Waals surface area (Å²) in [6.07, 6.45) is 2.69. The molecule has 1 aromatic heterocycles. The summed E-state index contributed by atoms with van der Waals surface area (Å²) in [5.74, 6) is 2.37. The molecule has 32 heavy (non-hydrogen) atoms. The molecule has 0 bridgehead atoms. The maximum atomic E-state index is 13.4. The Morgan fingerprint density at radius 3 is 2.38 bits per heavy atom. The van der Waals surface area contributed by atoms with Crippen LogP contribution in [0.1, 0.15) is 18.1 Å². The lowest BCUT2D eigenvalue weighted by Crippen LogP contribution is -2.38. The lowest BCUT2D eigenvalue weighted by molar-refractivity contribution is 0.347. The van der Waals surface area contributed by atoms with Crippen molar-refractivity contribution in [2.45, 2.75) is 19.9 Å². The van der Waals surface area contributed by atoms with Gasteiger partial charge in [0, 0.05) is 41.8 Å². The summed E-state index contributed by atoms with van der Waals surface area (Å²) in [7, 11) is 4.81. The highest BCUT2D eigenvalue weighted by Crippen LogP contribution is 2.34. The number of guanidine groups is 1. The van der Waals surface area contributed by atoms with Gasteiger partial charge in [0.05, 0.1) is 27.9 Å². The predicted molar refractivity (Wildman–Crippen MR) is 136 cm³/mol. The smallest absolute Gasteiger partial charge is 0.191 e. The number of rotatable bonds is 9. The molecule has 3 aromatic rings. The Morgan fingerprint density at radius 2 is 1.69 bits per heavy atom. The highest BCUT2D eigenvalue weighted by Gasteiger charge is 2.12. The molecule has 0 fully saturated rings. The Labute approximate surface area is 204 Å². The van der Waals surface area contributed by atoms with Crippen LogP contribution in [0.3, 0.4) is 0 Å². The number of fused-ring (bicyclic) bond motifs is 1. The van der Waals surface area contributed by atoms with Gasteiger partial charge in [0.25, 0.3) is 0 Å². The van der Waals surface area contributed by atoms with E-state index in [2.05, 4.69) is 20.6 Å². The van der Waals surface area contributed by atoms with Gasteiger partial charge in [-0.05, 0) is 43.2 Å². The zero-order chi connectivity index (χ0) is 22.2. The summed E-state index contributed by atoms with van der Waals surface area (Å²) < 4.78 is 29.6. The lowest BCUT2D eigenvalue weighted by atomic mass is 10.1. The molecular formula is C23H30FIN4O3. The Kier molecular flexibility index (Phi) is 9.89. The quantitative estimate of drug-likeness (QED) is 0.209. The van der Waals surface area contributed by atoms with Gasteiger partial charge in [-0.2, -0.15) is 0 Å². The van der Waals surface area contributed by atoms with E-state index >= 15 is 0 Å². The average Bonchev–Trinajstić information content (AvgIpc) is 3.18. The first kappa shape index (κ1) is 25.6. The van der Waals surface area contributed by atoms with E-state index in [1.807, 2.05) is 19.2 Å². The average molecular weight is 556 g/mol. The number of nitrogens with one attached hydrogen (secondary N) is 3. The van der Waals surface area contributed by atoms with Gasteiger partial charge in [-0.25, -0.2) is 9.38 Å². The zero-order valence-electron chi connectivity index (χ0n) is 18.8. The number of hydrogen-bond donors (Lipinski definition) is 3. The Bertz CT molecular complexity index is 1060. The Morgan fingerprint density at radius 1 is 0.969 bits per heavy atom. The standard InChI is InChI=1S/C23H29FN4O3.HI/c1-5-25-23(26-9-8-15-13-27-19-11-17(24)6-7-18(15)19)28-14-16-10-21(30-3)22(31-4)12-20(16)29-2;/h6-7,10-13,27H,5,8-9,14H2,1-4H3,(H2,25,26,28);1H. The summed E-state index contributed by atoms with van der Waals surface area (Å²) in [4.78, 5) is 7.80. The number of methoxy groups -OCH3 is 3. The molecule has 3 rings (SSSR count). The molecule has 174 valence electrons. The van der Waals surface area contributed by atoms with Gasteiger partial charge in [0.2, 0.25) is 0 Å². The summed E-state index contributed by atoms with van der Waals surface area (Å²) in [5, 5.41) is 7.63. The summed E-state index contributed by atoms with van der Waals surface area (Å²) >= 11 is 0. The first-order valence-electron chi connectivity index (χ1n) is 10.2. The summed E-state index contributed by atoms with van der Waals surface area (Å²) in [6.45, 7) is 3.84. The van der Waals surface area contributed by atoms with Crippen molar-refractivity contribution in [1.82, 2.24) is 15.6 Å². The molecule has 0 unspecified atom stereocenters. The van der Waals surface area contributed by atoms with E-state index in [-0.39, 0.29) is 29.8 Å². The van der Waals surface area contributed by atoms with E-state index in [9.17, 15) is 4.39 Å². The van der Waals surface area contributed by atoms with Crippen LogP contribution >= 0.6 is 24.0 Å². The normalized spacial score (nSPS) is 11.1. The number of H-pyrrole nitrogens is 1. The molecule has 0 aliphatic carbocycles. The van der Waals surface area contributed by atoms with E-state index in [4.69, 9.17) is 14.2 Å². The second-order valence-corrected chi connectivity index (χ2v) is 6.89. The van der Waals surface area contributed by atoms with Crippen molar-refractivity contribution in [2.75, 3.05) is 34.4 Å². The van der Waals surface area contributed by atoms with Gasteiger partial charge in [-0.1, -0.05) is 0 Å². The molecular weight excluding hydrogens is 526 g/mol. The van der Waals surface area contributed by atoms with Crippen molar-refractivity contribution in [3.63, 3.8) is 0 Å². The third kappa shape index (κ3) is 6.18. The molecule has 0 saturated carbocycles. The fraction of sp³-hybridized carbons (Fsp3) is 0.348. The van der Waals surface area contributed by atoms with Crippen LogP contribution in [0.15, 0.2) is 41.5 Å². The van der Waals surface area contributed by atoms with Crippen molar-refractivity contribution in [3.8, 4) is 17.2 Å². The Balaban J connectivity index is 0.00000363. The van der Waals surface area contributed by atoms with E-state index in [1.165, 1.54) is 12.1 Å². The number of ether oxygens (including phenoxy) is 3. The van der Waals surface area contributed by atoms with E-state index < -0.39 is 0 Å². The fourth-order valence-electron chi connectivity index (χ4n) is 3.40. The van der Waals surface area contributed by atoms with Crippen LogP contribution < -0.4 is 24.8 Å². The molecule has 0 saturated heterocycles. The van der Waals surface area contributed by atoms with Gasteiger partial charge < -0.3 is 29.8 Å². The van der Waals surface area contributed by atoms with Gasteiger partial charge >= 0.3 is 0 Å². The van der Waals surface area contributed by atoms with Crippen LogP contribution in [0.5, 0.6) is 17.2 Å². The number of aromatic amines is 1. The number of hydrogen-bond acceptors (Lipinski definition) is 4. The largest absolute Gasteiger partial charge is 0.496 e. The third-order valence-corrected chi connectivity index (χ3v) is 4.95. The van der Waals surface area contributed by atoms with Gasteiger partial charge in [-0.15, -0.1) is 24.0 Å². The van der Waals surface area contributed by atoms with Crippen LogP contribution in [-0.4, -0.2) is 45.4 Å². The second-order valence-electron chi connectivity index (χ2n) is 6.89. The zero-order valence-corrected chi connectivity index (χ0v) is 21.1. The van der Waals surface area contributed by atoms with Crippen LogP contribution in [0.2, 0.25) is 0 Å². The van der Waals surface area contributed by atoms with Crippen molar-refractivity contribution in [2.24, 2.45) is 4.99 Å². The molecule has 3 N–H and O–H groups in total. The highest BCUT2D eigenvalue weighted by atomic mass is 127. The minimum absolute atomic E-state index is 0. The molecule has 0 spiro atoms. The molecule has 9 heteroatoms.